The lowest BCUT2D eigenvalue weighted by Crippen LogP contribution is -2.54. The van der Waals surface area contributed by atoms with E-state index in [4.69, 9.17) is 14.6 Å². The van der Waals surface area contributed by atoms with Gasteiger partial charge < -0.3 is 14.6 Å². The van der Waals surface area contributed by atoms with E-state index >= 15 is 0 Å². The number of amides is 4. The van der Waals surface area contributed by atoms with Gasteiger partial charge in [0, 0.05) is 0 Å². The number of barbiturate groups is 1. The number of carboxylic acids is 1. The number of imide groups is 2. The zero-order chi connectivity index (χ0) is 25.7. The summed E-state index contributed by atoms with van der Waals surface area (Å²) in [7, 11) is 0. The second-order valence-electron chi connectivity index (χ2n) is 7.72. The summed E-state index contributed by atoms with van der Waals surface area (Å²) in [5.74, 6) is -1.89. The van der Waals surface area contributed by atoms with Crippen LogP contribution >= 0.6 is 0 Å². The minimum atomic E-state index is -1.15. The molecule has 4 rings (SSSR count). The lowest BCUT2D eigenvalue weighted by molar-refractivity contribution is -0.122. The van der Waals surface area contributed by atoms with Gasteiger partial charge in [-0.3, -0.25) is 14.9 Å². The molecule has 3 aromatic rings. The van der Waals surface area contributed by atoms with Crippen LogP contribution in [0, 0.1) is 0 Å². The van der Waals surface area contributed by atoms with E-state index in [1.165, 1.54) is 30.3 Å². The number of rotatable bonds is 8. The van der Waals surface area contributed by atoms with E-state index in [0.717, 1.165) is 10.5 Å². The van der Waals surface area contributed by atoms with E-state index in [2.05, 4.69) is 5.32 Å². The van der Waals surface area contributed by atoms with Crippen LogP contribution in [0.15, 0.2) is 78.4 Å². The molecule has 3 aromatic carbocycles. The van der Waals surface area contributed by atoms with Crippen molar-refractivity contribution in [3.8, 4) is 11.5 Å². The summed E-state index contributed by atoms with van der Waals surface area (Å²) in [5.41, 5.74) is 1.32. The van der Waals surface area contributed by atoms with Gasteiger partial charge in [0.15, 0.2) is 11.5 Å². The maximum absolute atomic E-state index is 13.1. The van der Waals surface area contributed by atoms with Crippen LogP contribution in [0.5, 0.6) is 11.5 Å². The fourth-order valence-corrected chi connectivity index (χ4v) is 3.55. The number of anilines is 1. The number of aromatic carboxylic acids is 1. The number of urea groups is 1. The Bertz CT molecular complexity index is 1350. The lowest BCUT2D eigenvalue weighted by Gasteiger charge is -2.26. The monoisotopic (exact) mass is 486 g/mol. The fourth-order valence-electron chi connectivity index (χ4n) is 3.55. The Kier molecular flexibility index (Phi) is 7.10. The molecule has 0 bridgehead atoms. The highest BCUT2D eigenvalue weighted by Crippen LogP contribution is 2.31. The van der Waals surface area contributed by atoms with Crippen LogP contribution in [0.1, 0.15) is 28.4 Å². The van der Waals surface area contributed by atoms with Crippen LogP contribution < -0.4 is 19.7 Å². The molecule has 0 radical (unpaired) electrons. The van der Waals surface area contributed by atoms with Gasteiger partial charge in [0.05, 0.1) is 17.9 Å². The number of carbonyl (C=O) groups is 4. The van der Waals surface area contributed by atoms with Crippen molar-refractivity contribution in [2.45, 2.75) is 13.5 Å². The maximum Gasteiger partial charge on any atom is 0.335 e. The number of benzene rings is 3. The van der Waals surface area contributed by atoms with Crippen molar-refractivity contribution in [3.63, 3.8) is 0 Å². The SMILES string of the molecule is CCOc1cc(/C=C2/C(=O)NC(=O)N(c3ccc(C(=O)O)cc3)C2=O)ccc1OCc1ccccc1. The highest BCUT2D eigenvalue weighted by molar-refractivity contribution is 6.39. The van der Waals surface area contributed by atoms with Gasteiger partial charge >= 0.3 is 12.0 Å². The van der Waals surface area contributed by atoms with Crippen LogP contribution in [0.3, 0.4) is 0 Å². The summed E-state index contributed by atoms with van der Waals surface area (Å²) in [4.78, 5) is 49.9. The highest BCUT2D eigenvalue weighted by Gasteiger charge is 2.36. The molecule has 1 aliphatic heterocycles. The van der Waals surface area contributed by atoms with Crippen molar-refractivity contribution < 1.29 is 33.8 Å². The first-order valence-corrected chi connectivity index (χ1v) is 11.1. The molecule has 0 aromatic heterocycles. The Morgan fingerprint density at radius 2 is 1.67 bits per heavy atom. The number of carboxylic acid groups (broad SMARTS) is 1. The van der Waals surface area contributed by atoms with Gasteiger partial charge in [0.2, 0.25) is 0 Å². The van der Waals surface area contributed by atoms with Gasteiger partial charge in [-0.2, -0.15) is 0 Å². The average Bonchev–Trinajstić information content (AvgIpc) is 2.87. The molecule has 182 valence electrons. The summed E-state index contributed by atoms with van der Waals surface area (Å²) in [6.45, 7) is 2.53. The van der Waals surface area contributed by atoms with Crippen LogP contribution in [-0.2, 0) is 16.2 Å². The number of hydrogen-bond donors (Lipinski definition) is 2. The molecule has 0 atom stereocenters. The number of hydrogen-bond acceptors (Lipinski definition) is 6. The Balaban J connectivity index is 1.61. The molecule has 0 saturated carbocycles. The van der Waals surface area contributed by atoms with Gasteiger partial charge in [-0.15, -0.1) is 0 Å². The molecule has 1 aliphatic rings. The van der Waals surface area contributed by atoms with Gasteiger partial charge in [0.1, 0.15) is 12.2 Å². The largest absolute Gasteiger partial charge is 0.490 e. The third kappa shape index (κ3) is 5.25. The smallest absolute Gasteiger partial charge is 0.335 e. The molecule has 4 amide bonds. The van der Waals surface area contributed by atoms with E-state index in [9.17, 15) is 19.2 Å². The zero-order valence-electron chi connectivity index (χ0n) is 19.3. The van der Waals surface area contributed by atoms with Crippen molar-refractivity contribution in [1.82, 2.24) is 5.32 Å². The third-order valence-corrected chi connectivity index (χ3v) is 5.29. The van der Waals surface area contributed by atoms with E-state index in [1.807, 2.05) is 37.3 Å². The van der Waals surface area contributed by atoms with Crippen LogP contribution in [0.2, 0.25) is 0 Å². The molecular weight excluding hydrogens is 464 g/mol. The molecule has 2 N–H and O–H groups in total. The Hall–Kier alpha value is -4.92. The van der Waals surface area contributed by atoms with E-state index in [-0.39, 0.29) is 16.8 Å². The molecule has 1 heterocycles. The minimum absolute atomic E-state index is 0.00603. The molecule has 0 unspecified atom stereocenters. The Morgan fingerprint density at radius 3 is 2.33 bits per heavy atom. The van der Waals surface area contributed by atoms with Gasteiger partial charge in [0.25, 0.3) is 11.8 Å². The van der Waals surface area contributed by atoms with Crippen molar-refractivity contribution >= 4 is 35.6 Å². The quantitative estimate of drug-likeness (QED) is 0.364. The van der Waals surface area contributed by atoms with E-state index in [0.29, 0.717) is 30.3 Å². The Labute approximate surface area is 206 Å². The first-order valence-electron chi connectivity index (χ1n) is 11.1. The fraction of sp³-hybridized carbons (Fsp3) is 0.111. The normalized spacial score (nSPS) is 14.5. The number of ether oxygens (including phenoxy) is 2. The number of nitrogens with one attached hydrogen (secondary N) is 1. The second-order valence-corrected chi connectivity index (χ2v) is 7.72. The summed E-state index contributed by atoms with van der Waals surface area (Å²) in [6.07, 6.45) is 1.35. The van der Waals surface area contributed by atoms with Crippen molar-refractivity contribution in [2.24, 2.45) is 0 Å². The van der Waals surface area contributed by atoms with Crippen LogP contribution in [-0.4, -0.2) is 35.5 Å². The van der Waals surface area contributed by atoms with Crippen molar-refractivity contribution in [2.75, 3.05) is 11.5 Å². The molecule has 1 fully saturated rings. The summed E-state index contributed by atoms with van der Waals surface area (Å²) < 4.78 is 11.6. The average molecular weight is 486 g/mol. The summed E-state index contributed by atoms with van der Waals surface area (Å²) in [6, 6.07) is 18.9. The zero-order valence-corrected chi connectivity index (χ0v) is 19.3. The topological polar surface area (TPSA) is 122 Å². The van der Waals surface area contributed by atoms with E-state index < -0.39 is 23.8 Å². The van der Waals surface area contributed by atoms with Crippen molar-refractivity contribution in [3.05, 3.63) is 95.1 Å². The molecule has 9 heteroatoms. The molecule has 0 aliphatic carbocycles. The number of nitrogens with zero attached hydrogens (tertiary/aromatic N) is 1. The first-order chi connectivity index (χ1) is 17.4. The predicted molar refractivity (Wildman–Crippen MR) is 131 cm³/mol. The number of carbonyl (C=O) groups excluding carboxylic acids is 3. The summed E-state index contributed by atoms with van der Waals surface area (Å²) >= 11 is 0. The first kappa shape index (κ1) is 24.2. The predicted octanol–water partition coefficient (Wildman–Crippen LogP) is 4.03. The van der Waals surface area contributed by atoms with E-state index in [1.54, 1.807) is 18.2 Å². The second kappa shape index (κ2) is 10.6. The lowest BCUT2D eigenvalue weighted by atomic mass is 10.1. The third-order valence-electron chi connectivity index (χ3n) is 5.29. The highest BCUT2D eigenvalue weighted by atomic mass is 16.5. The Morgan fingerprint density at radius 1 is 0.944 bits per heavy atom. The van der Waals surface area contributed by atoms with Crippen LogP contribution in [0.4, 0.5) is 10.5 Å². The molecular formula is C27H22N2O7. The van der Waals surface area contributed by atoms with Gasteiger partial charge in [-0.05, 0) is 60.5 Å². The van der Waals surface area contributed by atoms with Gasteiger partial charge in [-0.25, -0.2) is 14.5 Å². The molecule has 9 nitrogen and oxygen atoms in total. The molecule has 1 saturated heterocycles. The maximum atomic E-state index is 13.1. The van der Waals surface area contributed by atoms with Crippen molar-refractivity contribution in [1.29, 1.82) is 0 Å². The molecule has 36 heavy (non-hydrogen) atoms. The van der Waals surface area contributed by atoms with Crippen LogP contribution in [0.25, 0.3) is 6.08 Å². The minimum Gasteiger partial charge on any atom is -0.490 e. The van der Waals surface area contributed by atoms with Gasteiger partial charge in [-0.1, -0.05) is 36.4 Å². The molecule has 0 spiro atoms. The standard InChI is InChI=1S/C27H22N2O7/c1-2-35-23-15-18(8-13-22(23)36-16-17-6-4-3-5-7-17)14-21-24(30)28-27(34)29(25(21)31)20-11-9-19(10-12-20)26(32)33/h3-15H,2,16H2,1H3,(H,32,33)(H,28,30,34)/b21-14-. The summed E-state index contributed by atoms with van der Waals surface area (Å²) in [5, 5.41) is 11.2.